The van der Waals surface area contributed by atoms with Gasteiger partial charge < -0.3 is 9.72 Å². The Morgan fingerprint density at radius 3 is 2.20 bits per heavy atom. The maximum atomic E-state index is 5.52. The van der Waals surface area contributed by atoms with Crippen LogP contribution in [0.1, 0.15) is 44.4 Å². The van der Waals surface area contributed by atoms with Crippen molar-refractivity contribution in [2.24, 2.45) is 0 Å². The third kappa shape index (κ3) is 4.46. The van der Waals surface area contributed by atoms with Gasteiger partial charge in [0.2, 0.25) is 0 Å². The molecule has 4 rings (SSSR count). The van der Waals surface area contributed by atoms with Gasteiger partial charge in [0.1, 0.15) is 11.6 Å². The van der Waals surface area contributed by atoms with Crippen molar-refractivity contribution in [1.29, 1.82) is 0 Å². The molecule has 1 aromatic heterocycles. The molecule has 1 heterocycles. The minimum atomic E-state index is 0.176. The van der Waals surface area contributed by atoms with Gasteiger partial charge in [-0.05, 0) is 65.4 Å². The van der Waals surface area contributed by atoms with Crippen LogP contribution in [0.3, 0.4) is 0 Å². The molecule has 4 aromatic rings. The lowest BCUT2D eigenvalue weighted by atomic mass is 9.87. The third-order valence-electron chi connectivity index (χ3n) is 5.19. The van der Waals surface area contributed by atoms with Crippen molar-refractivity contribution in [1.82, 2.24) is 9.97 Å². The molecular formula is C27H28N2O. The Hall–Kier alpha value is -3.33. The number of nitrogens with zero attached hydrogens (tertiary/aromatic N) is 1. The Balaban J connectivity index is 1.54. The summed E-state index contributed by atoms with van der Waals surface area (Å²) >= 11 is 0. The molecule has 0 bridgehead atoms. The van der Waals surface area contributed by atoms with Crippen LogP contribution >= 0.6 is 0 Å². The number of ether oxygens (including phenoxy) is 1. The van der Waals surface area contributed by atoms with Crippen LogP contribution in [0.5, 0.6) is 5.75 Å². The Bertz CT molecular complexity index is 1160. The predicted molar refractivity (Wildman–Crippen MR) is 127 cm³/mol. The van der Waals surface area contributed by atoms with E-state index in [2.05, 4.69) is 80.4 Å². The third-order valence-corrected chi connectivity index (χ3v) is 5.19. The second-order valence-electron chi connectivity index (χ2n) is 8.52. The molecule has 1 N–H and O–H groups in total. The van der Waals surface area contributed by atoms with Gasteiger partial charge in [-0.2, -0.15) is 0 Å². The summed E-state index contributed by atoms with van der Waals surface area (Å²) < 4.78 is 5.52. The Labute approximate surface area is 178 Å². The van der Waals surface area contributed by atoms with E-state index in [1.165, 1.54) is 11.1 Å². The van der Waals surface area contributed by atoms with E-state index >= 15 is 0 Å². The van der Waals surface area contributed by atoms with Gasteiger partial charge >= 0.3 is 0 Å². The fourth-order valence-electron chi connectivity index (χ4n) is 3.43. The summed E-state index contributed by atoms with van der Waals surface area (Å²) in [5.41, 5.74) is 6.90. The number of hydrogen-bond donors (Lipinski definition) is 1. The zero-order chi connectivity index (χ0) is 21.1. The molecule has 0 aliphatic carbocycles. The number of hydrogen-bond acceptors (Lipinski definition) is 2. The molecule has 0 saturated heterocycles. The van der Waals surface area contributed by atoms with Gasteiger partial charge in [-0.25, -0.2) is 4.98 Å². The van der Waals surface area contributed by atoms with Crippen molar-refractivity contribution >= 4 is 23.2 Å². The minimum Gasteiger partial charge on any atom is -0.494 e. The van der Waals surface area contributed by atoms with Crippen LogP contribution in [0.15, 0.2) is 66.7 Å². The van der Waals surface area contributed by atoms with Crippen LogP contribution in [0.25, 0.3) is 34.6 Å². The molecule has 3 heteroatoms. The summed E-state index contributed by atoms with van der Waals surface area (Å²) in [7, 11) is 0. The van der Waals surface area contributed by atoms with Gasteiger partial charge in [0.15, 0.2) is 0 Å². The molecule has 0 aliphatic heterocycles. The number of nitrogens with one attached hydrogen (secondary N) is 1. The summed E-state index contributed by atoms with van der Waals surface area (Å²) in [6.07, 6.45) is 4.29. The van der Waals surface area contributed by atoms with Crippen molar-refractivity contribution < 1.29 is 4.74 Å². The first-order valence-corrected chi connectivity index (χ1v) is 10.4. The van der Waals surface area contributed by atoms with Crippen LogP contribution in [-0.2, 0) is 5.41 Å². The largest absolute Gasteiger partial charge is 0.494 e. The van der Waals surface area contributed by atoms with Crippen LogP contribution in [0.2, 0.25) is 0 Å². The number of imidazole rings is 1. The summed E-state index contributed by atoms with van der Waals surface area (Å²) in [6.45, 7) is 9.36. The van der Waals surface area contributed by atoms with E-state index in [9.17, 15) is 0 Å². The summed E-state index contributed by atoms with van der Waals surface area (Å²) in [4.78, 5) is 8.17. The van der Waals surface area contributed by atoms with Crippen molar-refractivity contribution in [2.45, 2.75) is 33.1 Å². The second kappa shape index (κ2) is 8.19. The molecule has 3 nitrogen and oxygen atoms in total. The maximum absolute atomic E-state index is 5.52. The smallest absolute Gasteiger partial charge is 0.138 e. The van der Waals surface area contributed by atoms with Crippen molar-refractivity contribution in [3.63, 3.8) is 0 Å². The average molecular weight is 397 g/mol. The molecule has 0 spiro atoms. The highest BCUT2D eigenvalue weighted by Crippen LogP contribution is 2.25. The van der Waals surface area contributed by atoms with E-state index < -0.39 is 0 Å². The molecule has 3 aromatic carbocycles. The van der Waals surface area contributed by atoms with Gasteiger partial charge in [-0.1, -0.05) is 63.3 Å². The normalized spacial score (nSPS) is 12.0. The second-order valence-corrected chi connectivity index (χ2v) is 8.52. The first-order valence-electron chi connectivity index (χ1n) is 10.4. The van der Waals surface area contributed by atoms with Crippen LogP contribution in [0.4, 0.5) is 0 Å². The number of benzene rings is 3. The van der Waals surface area contributed by atoms with E-state index in [-0.39, 0.29) is 5.41 Å². The summed E-state index contributed by atoms with van der Waals surface area (Å²) in [5, 5.41) is 0. The zero-order valence-electron chi connectivity index (χ0n) is 18.1. The molecule has 0 fully saturated rings. The molecule has 0 aliphatic rings. The van der Waals surface area contributed by atoms with Crippen molar-refractivity contribution in [2.75, 3.05) is 6.61 Å². The van der Waals surface area contributed by atoms with Crippen LogP contribution < -0.4 is 4.74 Å². The molecule has 0 amide bonds. The first-order chi connectivity index (χ1) is 14.4. The lowest BCUT2D eigenvalue weighted by Gasteiger charge is -2.18. The van der Waals surface area contributed by atoms with Gasteiger partial charge in [0.05, 0.1) is 17.6 Å². The van der Waals surface area contributed by atoms with Gasteiger partial charge in [-0.3, -0.25) is 0 Å². The van der Waals surface area contributed by atoms with E-state index in [4.69, 9.17) is 9.72 Å². The molecular weight excluding hydrogens is 368 g/mol. The highest BCUT2D eigenvalue weighted by molar-refractivity contribution is 5.83. The van der Waals surface area contributed by atoms with E-state index in [1.54, 1.807) is 0 Å². The van der Waals surface area contributed by atoms with Gasteiger partial charge in [0, 0.05) is 5.56 Å². The first kappa shape index (κ1) is 20.0. The van der Waals surface area contributed by atoms with E-state index in [1.807, 2.05) is 31.2 Å². The quantitative estimate of drug-likeness (QED) is 0.365. The average Bonchev–Trinajstić information content (AvgIpc) is 3.16. The molecule has 0 radical (unpaired) electrons. The molecule has 0 saturated carbocycles. The SMILES string of the molecule is CCOc1ccc(-c2nc3ccc(/C=C\c4ccc(C(C)(C)C)cc4)cc3[nH]2)cc1. The number of aromatic amines is 1. The Morgan fingerprint density at radius 1 is 0.867 bits per heavy atom. The molecule has 152 valence electrons. The number of aromatic nitrogens is 2. The van der Waals surface area contributed by atoms with Crippen molar-refractivity contribution in [3.05, 3.63) is 83.4 Å². The van der Waals surface area contributed by atoms with Crippen molar-refractivity contribution in [3.8, 4) is 17.1 Å². The fraction of sp³-hybridized carbons (Fsp3) is 0.222. The summed E-state index contributed by atoms with van der Waals surface area (Å²) in [5.74, 6) is 1.74. The van der Waals surface area contributed by atoms with Crippen LogP contribution in [0, 0.1) is 0 Å². The van der Waals surface area contributed by atoms with Gasteiger partial charge in [-0.15, -0.1) is 0 Å². The molecule has 0 atom stereocenters. The highest BCUT2D eigenvalue weighted by Gasteiger charge is 2.12. The lowest BCUT2D eigenvalue weighted by molar-refractivity contribution is 0.340. The monoisotopic (exact) mass is 396 g/mol. The number of fused-ring (bicyclic) bond motifs is 1. The minimum absolute atomic E-state index is 0.176. The number of H-pyrrole nitrogens is 1. The summed E-state index contributed by atoms with van der Waals surface area (Å²) in [6, 6.07) is 23.1. The predicted octanol–water partition coefficient (Wildman–Crippen LogP) is 7.10. The Morgan fingerprint density at radius 2 is 1.53 bits per heavy atom. The molecule has 30 heavy (non-hydrogen) atoms. The number of rotatable bonds is 5. The zero-order valence-corrected chi connectivity index (χ0v) is 18.1. The molecule has 0 unspecified atom stereocenters. The van der Waals surface area contributed by atoms with Gasteiger partial charge in [0.25, 0.3) is 0 Å². The van der Waals surface area contributed by atoms with E-state index in [0.29, 0.717) is 6.61 Å². The van der Waals surface area contributed by atoms with Crippen LogP contribution in [-0.4, -0.2) is 16.6 Å². The Kier molecular flexibility index (Phi) is 5.45. The van der Waals surface area contributed by atoms with E-state index in [0.717, 1.165) is 33.7 Å². The standard InChI is InChI=1S/C27H28N2O/c1-5-30-23-15-11-21(12-16-23)26-28-24-17-10-20(18-25(24)29-26)7-6-19-8-13-22(14-9-19)27(2,3)4/h6-18H,5H2,1-4H3,(H,28,29)/b7-6-. The topological polar surface area (TPSA) is 37.9 Å². The highest BCUT2D eigenvalue weighted by atomic mass is 16.5. The fourth-order valence-corrected chi connectivity index (χ4v) is 3.43. The maximum Gasteiger partial charge on any atom is 0.138 e. The lowest BCUT2D eigenvalue weighted by Crippen LogP contribution is -2.10.